The molecule has 200 valence electrons. The first-order valence-electron chi connectivity index (χ1n) is 13.0. The molecule has 0 N–H and O–H groups in total. The van der Waals surface area contributed by atoms with E-state index in [-0.39, 0.29) is 11.6 Å². The predicted octanol–water partition coefficient (Wildman–Crippen LogP) is 6.29. The highest BCUT2D eigenvalue weighted by atomic mass is 19.1. The van der Waals surface area contributed by atoms with Crippen LogP contribution in [0.2, 0.25) is 0 Å². The molecule has 0 bridgehead atoms. The third-order valence-corrected chi connectivity index (χ3v) is 7.68. The van der Waals surface area contributed by atoms with Gasteiger partial charge in [-0.2, -0.15) is 0 Å². The summed E-state index contributed by atoms with van der Waals surface area (Å²) in [4.78, 5) is 17.3. The lowest BCUT2D eigenvalue weighted by molar-refractivity contribution is -0.0726. The third-order valence-electron chi connectivity index (χ3n) is 7.68. The Morgan fingerprint density at radius 3 is 2.18 bits per heavy atom. The standard InChI is InChI=1S/C30H31F3N2O3/c1-21(23-4-11-27(28(33)20-23)22-2-7-25(31)8-3-22)35-15-13-30(38-29(35)36,24-5-9-26(32)10-6-24)12-14-34-16-18-37-19-17-34/h2-11,20-21H,12-19H2,1H3/t21-,30+/m0/s1. The number of morpholine rings is 1. The maximum absolute atomic E-state index is 15.0. The number of cyclic esters (lactones) is 1. The van der Waals surface area contributed by atoms with Gasteiger partial charge in [-0.05, 0) is 53.9 Å². The summed E-state index contributed by atoms with van der Waals surface area (Å²) >= 11 is 0. The van der Waals surface area contributed by atoms with Gasteiger partial charge in [-0.25, -0.2) is 18.0 Å². The summed E-state index contributed by atoms with van der Waals surface area (Å²) in [5.74, 6) is -1.18. The summed E-state index contributed by atoms with van der Waals surface area (Å²) in [5, 5.41) is 0. The van der Waals surface area contributed by atoms with E-state index in [4.69, 9.17) is 9.47 Å². The van der Waals surface area contributed by atoms with E-state index in [9.17, 15) is 13.6 Å². The van der Waals surface area contributed by atoms with Gasteiger partial charge in [-0.15, -0.1) is 0 Å². The molecule has 2 fully saturated rings. The van der Waals surface area contributed by atoms with Gasteiger partial charge in [-0.3, -0.25) is 4.90 Å². The molecule has 8 heteroatoms. The van der Waals surface area contributed by atoms with Crippen LogP contribution in [0.1, 0.15) is 36.9 Å². The molecule has 0 aromatic heterocycles. The number of hydrogen-bond acceptors (Lipinski definition) is 4. The molecule has 0 unspecified atom stereocenters. The van der Waals surface area contributed by atoms with Crippen molar-refractivity contribution in [2.24, 2.45) is 0 Å². The number of amides is 1. The van der Waals surface area contributed by atoms with Crippen molar-refractivity contribution in [2.45, 2.75) is 31.4 Å². The van der Waals surface area contributed by atoms with Crippen LogP contribution in [-0.2, 0) is 15.1 Å². The van der Waals surface area contributed by atoms with Crippen LogP contribution in [0.3, 0.4) is 0 Å². The molecule has 0 aliphatic carbocycles. The number of benzene rings is 3. The van der Waals surface area contributed by atoms with Gasteiger partial charge in [0.15, 0.2) is 0 Å². The van der Waals surface area contributed by atoms with Crippen LogP contribution in [0, 0.1) is 17.5 Å². The Morgan fingerprint density at radius 1 is 0.895 bits per heavy atom. The number of rotatable bonds is 7. The Labute approximate surface area is 220 Å². The SMILES string of the molecule is C[C@@H](c1ccc(-c2ccc(F)cc2)c(F)c1)N1CC[C@](CCN2CCOCC2)(c2ccc(F)cc2)OC1=O. The second kappa shape index (κ2) is 11.2. The van der Waals surface area contributed by atoms with E-state index >= 15 is 4.39 Å². The van der Waals surface area contributed by atoms with Crippen molar-refractivity contribution in [3.05, 3.63) is 95.3 Å². The maximum atomic E-state index is 15.0. The fourth-order valence-corrected chi connectivity index (χ4v) is 5.30. The topological polar surface area (TPSA) is 42.0 Å². The number of carbonyl (C=O) groups is 1. The van der Waals surface area contributed by atoms with Gasteiger partial charge in [0.2, 0.25) is 0 Å². The monoisotopic (exact) mass is 524 g/mol. The molecular weight excluding hydrogens is 493 g/mol. The van der Waals surface area contributed by atoms with Crippen LogP contribution in [-0.4, -0.2) is 55.3 Å². The summed E-state index contributed by atoms with van der Waals surface area (Å²) in [6, 6.07) is 16.2. The average molecular weight is 525 g/mol. The smallest absolute Gasteiger partial charge is 0.411 e. The van der Waals surface area contributed by atoms with E-state index in [1.807, 2.05) is 6.92 Å². The minimum atomic E-state index is -0.878. The number of halogens is 3. The van der Waals surface area contributed by atoms with Crippen LogP contribution in [0.4, 0.5) is 18.0 Å². The van der Waals surface area contributed by atoms with Crippen molar-refractivity contribution in [2.75, 3.05) is 39.4 Å². The van der Waals surface area contributed by atoms with E-state index in [2.05, 4.69) is 4.90 Å². The first kappa shape index (κ1) is 26.3. The molecule has 0 spiro atoms. The van der Waals surface area contributed by atoms with Crippen molar-refractivity contribution >= 4 is 6.09 Å². The fraction of sp³-hybridized carbons (Fsp3) is 0.367. The van der Waals surface area contributed by atoms with Gasteiger partial charge in [0.25, 0.3) is 0 Å². The first-order valence-corrected chi connectivity index (χ1v) is 13.0. The largest absolute Gasteiger partial charge is 0.438 e. The lowest BCUT2D eigenvalue weighted by Crippen LogP contribution is -2.50. The van der Waals surface area contributed by atoms with Crippen LogP contribution >= 0.6 is 0 Å². The van der Waals surface area contributed by atoms with Crippen molar-refractivity contribution in [1.29, 1.82) is 0 Å². The summed E-state index contributed by atoms with van der Waals surface area (Å²) in [6.07, 6.45) is 0.612. The maximum Gasteiger partial charge on any atom is 0.411 e. The summed E-state index contributed by atoms with van der Waals surface area (Å²) in [5.41, 5.74) is 1.46. The quantitative estimate of drug-likeness (QED) is 0.364. The Bertz CT molecular complexity index is 1260. The van der Waals surface area contributed by atoms with Gasteiger partial charge in [0.05, 0.1) is 19.3 Å². The van der Waals surface area contributed by atoms with Crippen LogP contribution in [0.5, 0.6) is 0 Å². The lowest BCUT2D eigenvalue weighted by Gasteiger charge is -2.44. The Hall–Kier alpha value is -3.36. The van der Waals surface area contributed by atoms with Crippen LogP contribution in [0.15, 0.2) is 66.7 Å². The highest BCUT2D eigenvalue weighted by Gasteiger charge is 2.43. The summed E-state index contributed by atoms with van der Waals surface area (Å²) in [6.45, 7) is 5.94. The normalized spacial score (nSPS) is 21.3. The zero-order valence-corrected chi connectivity index (χ0v) is 21.3. The first-order chi connectivity index (χ1) is 18.3. The van der Waals surface area contributed by atoms with Gasteiger partial charge in [0, 0.05) is 44.6 Å². The molecule has 38 heavy (non-hydrogen) atoms. The van der Waals surface area contributed by atoms with Gasteiger partial charge in [0.1, 0.15) is 23.1 Å². The highest BCUT2D eigenvalue weighted by molar-refractivity contribution is 5.70. The second-order valence-corrected chi connectivity index (χ2v) is 9.94. The zero-order chi connectivity index (χ0) is 26.7. The molecule has 2 heterocycles. The number of carbonyl (C=O) groups excluding carboxylic acids is 1. The average Bonchev–Trinajstić information content (AvgIpc) is 2.93. The van der Waals surface area contributed by atoms with E-state index in [1.165, 1.54) is 42.5 Å². The molecule has 5 nitrogen and oxygen atoms in total. The number of hydrogen-bond donors (Lipinski definition) is 0. The molecule has 2 aliphatic heterocycles. The molecular formula is C30H31F3N2O3. The summed E-state index contributed by atoms with van der Waals surface area (Å²) < 4.78 is 53.6. The van der Waals surface area contributed by atoms with Crippen molar-refractivity contribution in [3.8, 4) is 11.1 Å². The molecule has 5 rings (SSSR count). The Morgan fingerprint density at radius 2 is 1.55 bits per heavy atom. The van der Waals surface area contributed by atoms with Crippen LogP contribution < -0.4 is 0 Å². The molecule has 2 saturated heterocycles. The van der Waals surface area contributed by atoms with Crippen molar-refractivity contribution < 1.29 is 27.4 Å². The second-order valence-electron chi connectivity index (χ2n) is 9.94. The molecule has 3 aromatic rings. The van der Waals surface area contributed by atoms with Crippen LogP contribution in [0.25, 0.3) is 11.1 Å². The fourth-order valence-electron chi connectivity index (χ4n) is 5.30. The molecule has 2 atom stereocenters. The summed E-state index contributed by atoms with van der Waals surface area (Å²) in [7, 11) is 0. The van der Waals surface area contributed by atoms with E-state index in [0.29, 0.717) is 49.3 Å². The molecule has 2 aliphatic rings. The van der Waals surface area contributed by atoms with Gasteiger partial charge in [-0.1, -0.05) is 36.4 Å². The number of nitrogens with zero attached hydrogens (tertiary/aromatic N) is 2. The van der Waals surface area contributed by atoms with Crippen molar-refractivity contribution in [3.63, 3.8) is 0 Å². The highest BCUT2D eigenvalue weighted by Crippen LogP contribution is 2.40. The van der Waals surface area contributed by atoms with E-state index < -0.39 is 23.6 Å². The molecule has 3 aromatic carbocycles. The van der Waals surface area contributed by atoms with E-state index in [1.54, 1.807) is 29.2 Å². The van der Waals surface area contributed by atoms with Gasteiger partial charge < -0.3 is 14.4 Å². The van der Waals surface area contributed by atoms with E-state index in [0.717, 1.165) is 25.2 Å². The minimum absolute atomic E-state index is 0.347. The third kappa shape index (κ3) is 5.56. The minimum Gasteiger partial charge on any atom is -0.438 e. The molecule has 0 saturated carbocycles. The zero-order valence-electron chi connectivity index (χ0n) is 21.3. The Balaban J connectivity index is 1.33. The Kier molecular flexibility index (Phi) is 7.72. The van der Waals surface area contributed by atoms with Gasteiger partial charge >= 0.3 is 6.09 Å². The lowest BCUT2D eigenvalue weighted by atomic mass is 9.85. The molecule has 0 radical (unpaired) electrons. The number of ether oxygens (including phenoxy) is 2. The van der Waals surface area contributed by atoms with Crippen molar-refractivity contribution in [1.82, 2.24) is 9.80 Å². The predicted molar refractivity (Wildman–Crippen MR) is 138 cm³/mol. The molecule has 1 amide bonds.